The molecule has 0 aliphatic carbocycles. The van der Waals surface area contributed by atoms with Crippen LogP contribution in [0, 0.1) is 10.1 Å². The summed E-state index contributed by atoms with van der Waals surface area (Å²) in [6, 6.07) is 7.82. The molecule has 110 valence electrons. The smallest absolute Gasteiger partial charge is 0.272 e. The third kappa shape index (κ3) is 2.62. The highest BCUT2D eigenvalue weighted by Crippen LogP contribution is 2.22. The molecule has 1 amide bonds. The second-order valence-electron chi connectivity index (χ2n) is 4.60. The Kier molecular flexibility index (Phi) is 3.48. The summed E-state index contributed by atoms with van der Waals surface area (Å²) in [6.07, 6.45) is 3.29. The van der Waals surface area contributed by atoms with E-state index in [1.807, 2.05) is 6.07 Å². The number of nitro benzene ring substituents is 1. The normalized spacial score (nSPS) is 10.5. The summed E-state index contributed by atoms with van der Waals surface area (Å²) in [7, 11) is 0. The fraction of sp³-hybridized carbons (Fsp3) is 0.0714. The molecule has 22 heavy (non-hydrogen) atoms. The van der Waals surface area contributed by atoms with Crippen LogP contribution in [-0.2, 0) is 6.54 Å². The van der Waals surface area contributed by atoms with E-state index < -0.39 is 10.8 Å². The van der Waals surface area contributed by atoms with E-state index in [1.165, 1.54) is 18.2 Å². The number of nitrogens with one attached hydrogen (secondary N) is 2. The predicted molar refractivity (Wildman–Crippen MR) is 78.2 cm³/mol. The van der Waals surface area contributed by atoms with E-state index in [-0.39, 0.29) is 11.4 Å². The number of hydrogen-bond donors (Lipinski definition) is 2. The van der Waals surface area contributed by atoms with Crippen molar-refractivity contribution in [1.29, 1.82) is 0 Å². The summed E-state index contributed by atoms with van der Waals surface area (Å²) in [5, 5.41) is 20.6. The van der Waals surface area contributed by atoms with E-state index >= 15 is 0 Å². The third-order valence-electron chi connectivity index (χ3n) is 3.15. The number of carbonyl (C=O) groups is 1. The molecule has 8 nitrogen and oxygen atoms in total. The monoisotopic (exact) mass is 297 g/mol. The van der Waals surface area contributed by atoms with Gasteiger partial charge in [-0.3, -0.25) is 25.0 Å². The van der Waals surface area contributed by atoms with Crippen LogP contribution in [0.1, 0.15) is 16.1 Å². The average Bonchev–Trinajstić information content (AvgIpc) is 2.96. The van der Waals surface area contributed by atoms with Crippen LogP contribution in [0.3, 0.4) is 0 Å². The lowest BCUT2D eigenvalue weighted by Gasteiger charge is -2.03. The Balaban J connectivity index is 1.84. The zero-order chi connectivity index (χ0) is 15.5. The molecule has 0 atom stereocenters. The molecule has 0 fully saturated rings. The van der Waals surface area contributed by atoms with Crippen LogP contribution in [0.25, 0.3) is 10.9 Å². The molecule has 0 aliphatic heterocycles. The summed E-state index contributed by atoms with van der Waals surface area (Å²) >= 11 is 0. The molecule has 3 aromatic rings. The van der Waals surface area contributed by atoms with Crippen molar-refractivity contribution in [3.8, 4) is 0 Å². The molecule has 0 radical (unpaired) electrons. The number of H-pyrrole nitrogens is 1. The lowest BCUT2D eigenvalue weighted by Crippen LogP contribution is -2.23. The molecule has 2 aromatic heterocycles. The van der Waals surface area contributed by atoms with Crippen molar-refractivity contribution in [2.75, 3.05) is 0 Å². The van der Waals surface area contributed by atoms with Crippen LogP contribution in [0.4, 0.5) is 5.69 Å². The van der Waals surface area contributed by atoms with E-state index in [9.17, 15) is 14.9 Å². The zero-order valence-corrected chi connectivity index (χ0v) is 11.3. The maximum absolute atomic E-state index is 12.2. The molecule has 0 spiro atoms. The molecule has 0 bridgehead atoms. The lowest BCUT2D eigenvalue weighted by molar-refractivity contribution is -0.384. The number of rotatable bonds is 4. The molecule has 0 saturated carbocycles. The first-order valence-electron chi connectivity index (χ1n) is 6.45. The Morgan fingerprint density at radius 2 is 2.23 bits per heavy atom. The average molecular weight is 297 g/mol. The van der Waals surface area contributed by atoms with Crippen LogP contribution in [-0.4, -0.2) is 26.0 Å². The van der Waals surface area contributed by atoms with Crippen LogP contribution in [0.2, 0.25) is 0 Å². The number of fused-ring (bicyclic) bond motifs is 1. The number of pyridine rings is 1. The number of aromatic amines is 1. The quantitative estimate of drug-likeness (QED) is 0.563. The number of amides is 1. The molecule has 3 rings (SSSR count). The van der Waals surface area contributed by atoms with Gasteiger partial charge in [0, 0.05) is 36.5 Å². The number of nitro groups is 1. The molecule has 8 heteroatoms. The minimum Gasteiger partial charge on any atom is -0.346 e. The van der Waals surface area contributed by atoms with E-state index in [0.29, 0.717) is 17.4 Å². The Morgan fingerprint density at radius 1 is 1.36 bits per heavy atom. The molecule has 0 saturated heterocycles. The first kappa shape index (κ1) is 13.7. The third-order valence-corrected chi connectivity index (χ3v) is 3.15. The topological polar surface area (TPSA) is 114 Å². The van der Waals surface area contributed by atoms with Gasteiger partial charge >= 0.3 is 0 Å². The minimum atomic E-state index is -0.510. The first-order chi connectivity index (χ1) is 10.6. The largest absolute Gasteiger partial charge is 0.346 e. The molecule has 0 aliphatic rings. The van der Waals surface area contributed by atoms with Crippen molar-refractivity contribution in [2.45, 2.75) is 6.54 Å². The fourth-order valence-electron chi connectivity index (χ4n) is 2.06. The van der Waals surface area contributed by atoms with Gasteiger partial charge in [-0.2, -0.15) is 5.10 Å². The molecule has 0 unspecified atom stereocenters. The maximum Gasteiger partial charge on any atom is 0.272 e. The highest BCUT2D eigenvalue weighted by Gasteiger charge is 2.17. The molecule has 2 N–H and O–H groups in total. The van der Waals surface area contributed by atoms with Crippen LogP contribution >= 0.6 is 0 Å². The minimum absolute atomic E-state index is 0.0878. The molecular weight excluding hydrogens is 286 g/mol. The first-order valence-corrected chi connectivity index (χ1v) is 6.45. The number of aromatic nitrogens is 3. The molecular formula is C14H11N5O3. The Morgan fingerprint density at radius 3 is 2.95 bits per heavy atom. The van der Waals surface area contributed by atoms with Crippen molar-refractivity contribution < 1.29 is 9.72 Å². The number of benzene rings is 1. The van der Waals surface area contributed by atoms with E-state index in [1.54, 1.807) is 18.5 Å². The molecule has 2 heterocycles. The zero-order valence-electron chi connectivity index (χ0n) is 11.3. The van der Waals surface area contributed by atoms with Gasteiger partial charge in [0.2, 0.25) is 0 Å². The van der Waals surface area contributed by atoms with Crippen molar-refractivity contribution in [3.63, 3.8) is 0 Å². The van der Waals surface area contributed by atoms with Crippen LogP contribution in [0.5, 0.6) is 0 Å². The van der Waals surface area contributed by atoms with Crippen molar-refractivity contribution in [1.82, 2.24) is 20.5 Å². The number of carbonyl (C=O) groups excluding carboxylic acids is 1. The lowest BCUT2D eigenvalue weighted by atomic mass is 10.2. The van der Waals surface area contributed by atoms with Gasteiger partial charge in [0.1, 0.15) is 0 Å². The van der Waals surface area contributed by atoms with Gasteiger partial charge in [0.25, 0.3) is 11.6 Å². The summed E-state index contributed by atoms with van der Waals surface area (Å²) in [4.78, 5) is 26.5. The van der Waals surface area contributed by atoms with Crippen molar-refractivity contribution >= 4 is 22.5 Å². The highest BCUT2D eigenvalue weighted by molar-refractivity contribution is 6.05. The number of hydrogen-bond acceptors (Lipinski definition) is 5. The van der Waals surface area contributed by atoms with Crippen molar-refractivity contribution in [3.05, 3.63) is 64.1 Å². The number of nitrogens with zero attached hydrogens (tertiary/aromatic N) is 3. The van der Waals surface area contributed by atoms with Gasteiger partial charge in [0.05, 0.1) is 10.4 Å². The van der Waals surface area contributed by atoms with E-state index in [2.05, 4.69) is 20.5 Å². The van der Waals surface area contributed by atoms with Gasteiger partial charge in [-0.05, 0) is 17.7 Å². The Hall–Kier alpha value is -3.29. The van der Waals surface area contributed by atoms with Crippen molar-refractivity contribution in [2.24, 2.45) is 0 Å². The van der Waals surface area contributed by atoms with Gasteiger partial charge in [-0.15, -0.1) is 0 Å². The highest BCUT2D eigenvalue weighted by atomic mass is 16.6. The summed E-state index contributed by atoms with van der Waals surface area (Å²) in [5.74, 6) is -0.407. The Bertz CT molecular complexity index is 844. The number of non-ortho nitro benzene ring substituents is 1. The van der Waals surface area contributed by atoms with Gasteiger partial charge in [-0.1, -0.05) is 6.07 Å². The maximum atomic E-state index is 12.2. The van der Waals surface area contributed by atoms with Crippen LogP contribution in [0.15, 0.2) is 42.7 Å². The molecule has 1 aromatic carbocycles. The summed E-state index contributed by atoms with van der Waals surface area (Å²) in [6.45, 7) is 0.302. The van der Waals surface area contributed by atoms with Gasteiger partial charge in [0.15, 0.2) is 5.69 Å². The predicted octanol–water partition coefficient (Wildman–Crippen LogP) is 1.80. The summed E-state index contributed by atoms with van der Waals surface area (Å²) < 4.78 is 0. The second-order valence-corrected chi connectivity index (χ2v) is 4.60. The van der Waals surface area contributed by atoms with E-state index in [4.69, 9.17) is 0 Å². The van der Waals surface area contributed by atoms with Crippen LogP contribution < -0.4 is 5.32 Å². The van der Waals surface area contributed by atoms with E-state index in [0.717, 1.165) is 5.56 Å². The van der Waals surface area contributed by atoms with Gasteiger partial charge < -0.3 is 5.32 Å². The fourth-order valence-corrected chi connectivity index (χ4v) is 2.06. The Labute approximate surface area is 124 Å². The second kappa shape index (κ2) is 5.60. The standard InChI is InChI=1S/C14H11N5O3/c20-14(16-8-9-2-1-5-15-7-9)13-11-6-10(19(21)22)3-4-12(11)17-18-13/h1-7H,8H2,(H,16,20)(H,17,18). The SMILES string of the molecule is O=C(NCc1cccnc1)c1n[nH]c2ccc([N+](=O)[O-])cc12. The van der Waals surface area contributed by atoms with Gasteiger partial charge in [-0.25, -0.2) is 0 Å². The summed E-state index contributed by atoms with van der Waals surface area (Å²) in [5.41, 5.74) is 1.46.